The van der Waals surface area contributed by atoms with Crippen molar-refractivity contribution in [3.05, 3.63) is 39.9 Å². The third kappa shape index (κ3) is 6.25. The molecule has 1 aromatic rings. The molecular formula is C15H22N2O6S. The summed E-state index contributed by atoms with van der Waals surface area (Å²) in [6, 6.07) is 4.62. The molecule has 134 valence electrons. The Morgan fingerprint density at radius 3 is 2.58 bits per heavy atom. The fraction of sp³-hybridized carbons (Fsp3) is 0.533. The molecule has 0 spiro atoms. The van der Waals surface area contributed by atoms with E-state index in [1.807, 2.05) is 6.92 Å². The molecule has 1 unspecified atom stereocenters. The summed E-state index contributed by atoms with van der Waals surface area (Å²) in [6.45, 7) is 3.70. The SMILES string of the molecule is CCCCC(NS(=O)(=O)Cc1ccccc1[N+](=O)[O-])C(=O)OCC. The molecule has 0 radical (unpaired) electrons. The smallest absolute Gasteiger partial charge is 0.324 e. The fourth-order valence-corrected chi connectivity index (χ4v) is 3.53. The van der Waals surface area contributed by atoms with Gasteiger partial charge in [-0.15, -0.1) is 0 Å². The molecule has 0 saturated heterocycles. The number of carbonyl (C=O) groups is 1. The number of benzene rings is 1. The zero-order valence-corrected chi connectivity index (χ0v) is 14.5. The number of nitrogens with zero attached hydrogens (tertiary/aromatic N) is 1. The van der Waals surface area contributed by atoms with E-state index < -0.39 is 32.7 Å². The number of ether oxygens (including phenoxy) is 1. The lowest BCUT2D eigenvalue weighted by atomic mass is 10.1. The summed E-state index contributed by atoms with van der Waals surface area (Å²) in [6.07, 6.45) is 1.75. The van der Waals surface area contributed by atoms with Gasteiger partial charge in [0.1, 0.15) is 6.04 Å². The number of nitrogens with one attached hydrogen (secondary N) is 1. The van der Waals surface area contributed by atoms with Crippen LogP contribution in [0.5, 0.6) is 0 Å². The highest BCUT2D eigenvalue weighted by molar-refractivity contribution is 7.88. The summed E-state index contributed by atoms with van der Waals surface area (Å²) in [4.78, 5) is 22.2. The van der Waals surface area contributed by atoms with E-state index in [1.54, 1.807) is 6.92 Å². The maximum atomic E-state index is 12.3. The molecule has 1 rings (SSSR count). The van der Waals surface area contributed by atoms with Crippen molar-refractivity contribution in [2.24, 2.45) is 0 Å². The van der Waals surface area contributed by atoms with E-state index in [1.165, 1.54) is 24.3 Å². The second-order valence-corrected chi connectivity index (χ2v) is 6.96. The lowest BCUT2D eigenvalue weighted by Crippen LogP contribution is -2.42. The number of unbranched alkanes of at least 4 members (excludes halogenated alkanes) is 1. The maximum absolute atomic E-state index is 12.3. The summed E-state index contributed by atoms with van der Waals surface area (Å²) < 4.78 is 31.8. The van der Waals surface area contributed by atoms with Crippen LogP contribution in [0.1, 0.15) is 38.7 Å². The van der Waals surface area contributed by atoms with E-state index in [9.17, 15) is 23.3 Å². The van der Waals surface area contributed by atoms with Gasteiger partial charge in [-0.25, -0.2) is 13.1 Å². The number of carbonyl (C=O) groups excluding carboxylic acids is 1. The van der Waals surface area contributed by atoms with Crippen molar-refractivity contribution in [3.8, 4) is 0 Å². The van der Waals surface area contributed by atoms with Gasteiger partial charge in [0.05, 0.1) is 17.3 Å². The predicted molar refractivity (Wildman–Crippen MR) is 88.8 cm³/mol. The molecular weight excluding hydrogens is 336 g/mol. The minimum Gasteiger partial charge on any atom is -0.465 e. The molecule has 0 heterocycles. The number of sulfonamides is 1. The van der Waals surface area contributed by atoms with Gasteiger partial charge in [0.25, 0.3) is 5.69 Å². The molecule has 0 aromatic heterocycles. The first kappa shape index (κ1) is 20.0. The summed E-state index contributed by atoms with van der Waals surface area (Å²) in [5, 5.41) is 11.0. The molecule has 24 heavy (non-hydrogen) atoms. The van der Waals surface area contributed by atoms with Crippen molar-refractivity contribution in [3.63, 3.8) is 0 Å². The third-order valence-electron chi connectivity index (χ3n) is 3.27. The monoisotopic (exact) mass is 358 g/mol. The number of hydrogen-bond acceptors (Lipinski definition) is 6. The van der Waals surface area contributed by atoms with E-state index in [0.717, 1.165) is 6.42 Å². The van der Waals surface area contributed by atoms with Crippen molar-refractivity contribution in [2.45, 2.75) is 44.9 Å². The Balaban J connectivity index is 2.93. The molecule has 0 saturated carbocycles. The van der Waals surface area contributed by atoms with Gasteiger partial charge >= 0.3 is 5.97 Å². The molecule has 0 aliphatic heterocycles. The van der Waals surface area contributed by atoms with Gasteiger partial charge in [-0.2, -0.15) is 0 Å². The van der Waals surface area contributed by atoms with E-state index in [4.69, 9.17) is 4.74 Å². The molecule has 1 atom stereocenters. The zero-order chi connectivity index (χ0) is 18.2. The lowest BCUT2D eigenvalue weighted by molar-refractivity contribution is -0.385. The highest BCUT2D eigenvalue weighted by atomic mass is 32.2. The second kappa shape index (κ2) is 9.33. The third-order valence-corrected chi connectivity index (χ3v) is 4.61. The molecule has 0 aliphatic rings. The van der Waals surface area contributed by atoms with Crippen LogP contribution in [0.15, 0.2) is 24.3 Å². The number of esters is 1. The molecule has 0 fully saturated rings. The average molecular weight is 358 g/mol. The topological polar surface area (TPSA) is 116 Å². The van der Waals surface area contributed by atoms with E-state index >= 15 is 0 Å². The van der Waals surface area contributed by atoms with Crippen molar-refractivity contribution in [1.29, 1.82) is 0 Å². The van der Waals surface area contributed by atoms with Gasteiger partial charge in [-0.05, 0) is 13.3 Å². The van der Waals surface area contributed by atoms with Crippen molar-refractivity contribution >= 4 is 21.7 Å². The Kier molecular flexibility index (Phi) is 7.80. The summed E-state index contributed by atoms with van der Waals surface area (Å²) in [5.74, 6) is -1.22. The van der Waals surface area contributed by atoms with Crippen LogP contribution in [-0.2, 0) is 25.3 Å². The van der Waals surface area contributed by atoms with Crippen molar-refractivity contribution in [2.75, 3.05) is 6.61 Å². The fourth-order valence-electron chi connectivity index (χ4n) is 2.15. The van der Waals surface area contributed by atoms with Crippen LogP contribution in [0.2, 0.25) is 0 Å². The lowest BCUT2D eigenvalue weighted by Gasteiger charge is -2.17. The Morgan fingerprint density at radius 2 is 2.00 bits per heavy atom. The van der Waals surface area contributed by atoms with Gasteiger partial charge in [-0.1, -0.05) is 38.0 Å². The van der Waals surface area contributed by atoms with Crippen LogP contribution in [0.25, 0.3) is 0 Å². The van der Waals surface area contributed by atoms with Gasteiger partial charge < -0.3 is 4.74 Å². The number of rotatable bonds is 10. The standard InChI is InChI=1S/C15H22N2O6S/c1-3-5-9-13(15(18)23-4-2)16-24(21,22)11-12-8-6-7-10-14(12)17(19)20/h6-8,10,13,16H,3-5,9,11H2,1-2H3. The van der Waals surface area contributed by atoms with E-state index in [-0.39, 0.29) is 17.9 Å². The maximum Gasteiger partial charge on any atom is 0.324 e. The second-order valence-electron chi connectivity index (χ2n) is 5.21. The van der Waals surface area contributed by atoms with Gasteiger partial charge in [0.15, 0.2) is 0 Å². The Morgan fingerprint density at radius 1 is 1.33 bits per heavy atom. The first-order valence-corrected chi connectivity index (χ1v) is 9.34. The molecule has 9 heteroatoms. The largest absolute Gasteiger partial charge is 0.465 e. The molecule has 0 aliphatic carbocycles. The Bertz CT molecular complexity index is 674. The summed E-state index contributed by atoms with van der Waals surface area (Å²) in [7, 11) is -3.94. The highest BCUT2D eigenvalue weighted by Crippen LogP contribution is 2.20. The van der Waals surface area contributed by atoms with Crippen molar-refractivity contribution < 1.29 is 22.9 Å². The van der Waals surface area contributed by atoms with Crippen LogP contribution in [0.3, 0.4) is 0 Å². The molecule has 0 bridgehead atoms. The van der Waals surface area contributed by atoms with Crippen LogP contribution >= 0.6 is 0 Å². The summed E-state index contributed by atoms with van der Waals surface area (Å²) >= 11 is 0. The van der Waals surface area contributed by atoms with Crippen LogP contribution in [0.4, 0.5) is 5.69 Å². The normalized spacial score (nSPS) is 12.6. The quantitative estimate of drug-likeness (QED) is 0.389. The number of nitro groups is 1. The highest BCUT2D eigenvalue weighted by Gasteiger charge is 2.27. The van der Waals surface area contributed by atoms with Crippen LogP contribution in [-0.4, -0.2) is 32.0 Å². The minimum atomic E-state index is -3.94. The average Bonchev–Trinajstić information content (AvgIpc) is 2.51. The van der Waals surface area contributed by atoms with Crippen LogP contribution < -0.4 is 4.72 Å². The van der Waals surface area contributed by atoms with E-state index in [2.05, 4.69) is 4.72 Å². The Hall–Kier alpha value is -2.00. The zero-order valence-electron chi connectivity index (χ0n) is 13.7. The Labute approximate surface area is 141 Å². The predicted octanol–water partition coefficient (Wildman–Crippen LogP) is 2.14. The molecule has 0 amide bonds. The minimum absolute atomic E-state index is 0.0631. The number of hydrogen-bond donors (Lipinski definition) is 1. The molecule has 1 N–H and O–H groups in total. The number of para-hydroxylation sites is 1. The van der Waals surface area contributed by atoms with Gasteiger partial charge in [0.2, 0.25) is 10.0 Å². The van der Waals surface area contributed by atoms with Gasteiger partial charge in [0, 0.05) is 11.6 Å². The first-order chi connectivity index (χ1) is 11.3. The van der Waals surface area contributed by atoms with Gasteiger partial charge in [-0.3, -0.25) is 14.9 Å². The first-order valence-electron chi connectivity index (χ1n) is 7.69. The molecule has 8 nitrogen and oxygen atoms in total. The van der Waals surface area contributed by atoms with E-state index in [0.29, 0.717) is 12.8 Å². The van der Waals surface area contributed by atoms with Crippen LogP contribution in [0, 0.1) is 10.1 Å². The summed E-state index contributed by atoms with van der Waals surface area (Å²) in [5.41, 5.74) is -0.211. The van der Waals surface area contributed by atoms with Crippen molar-refractivity contribution in [1.82, 2.24) is 4.72 Å². The molecule has 1 aromatic carbocycles. The number of nitro benzene ring substituents is 1.